The zero-order chi connectivity index (χ0) is 8.27. The van der Waals surface area contributed by atoms with E-state index in [1.807, 2.05) is 4.90 Å². The molecule has 0 radical (unpaired) electrons. The van der Waals surface area contributed by atoms with Gasteiger partial charge in [0, 0.05) is 19.5 Å². The molecule has 1 heterocycles. The number of rotatable bonds is 3. The molecule has 1 rings (SSSR count). The number of thiol groups is 1. The van der Waals surface area contributed by atoms with Gasteiger partial charge >= 0.3 is 0 Å². The quantitative estimate of drug-likeness (QED) is 0.635. The predicted octanol–water partition coefficient (Wildman–Crippen LogP) is 1.17. The molecule has 0 aromatic heterocycles. The van der Waals surface area contributed by atoms with E-state index >= 15 is 0 Å². The summed E-state index contributed by atoms with van der Waals surface area (Å²) in [6.45, 7) is 3.95. The van der Waals surface area contributed by atoms with Crippen LogP contribution in [-0.4, -0.2) is 29.6 Å². The molecule has 1 aliphatic rings. The predicted molar refractivity (Wildman–Crippen MR) is 48.8 cm³/mol. The zero-order valence-electron chi connectivity index (χ0n) is 6.92. The molecular formula is C8H15NOS. The number of hydrogen-bond acceptors (Lipinski definition) is 2. The summed E-state index contributed by atoms with van der Waals surface area (Å²) in [5.41, 5.74) is 0. The first-order valence-corrected chi connectivity index (χ1v) is 4.79. The Balaban J connectivity index is 2.38. The molecule has 0 aromatic carbocycles. The van der Waals surface area contributed by atoms with Crippen molar-refractivity contribution >= 4 is 18.5 Å². The van der Waals surface area contributed by atoms with Crippen molar-refractivity contribution in [2.24, 2.45) is 5.92 Å². The molecule has 0 saturated carbocycles. The Morgan fingerprint density at radius 1 is 1.73 bits per heavy atom. The average Bonchev–Trinajstić information content (AvgIpc) is 2.33. The number of carbonyl (C=O) groups excluding carboxylic acids is 1. The van der Waals surface area contributed by atoms with Gasteiger partial charge in [0.1, 0.15) is 0 Å². The molecule has 11 heavy (non-hydrogen) atoms. The largest absolute Gasteiger partial charge is 0.342 e. The SMILES string of the molecule is CCCN1CC(CS)CC1=O. The van der Waals surface area contributed by atoms with Crippen molar-refractivity contribution in [1.82, 2.24) is 4.90 Å². The first kappa shape index (κ1) is 8.91. The van der Waals surface area contributed by atoms with Crippen LogP contribution in [0.1, 0.15) is 19.8 Å². The first-order chi connectivity index (χ1) is 5.27. The maximum absolute atomic E-state index is 11.2. The minimum Gasteiger partial charge on any atom is -0.342 e. The van der Waals surface area contributed by atoms with Crippen molar-refractivity contribution in [3.05, 3.63) is 0 Å². The molecule has 1 amide bonds. The second-order valence-electron chi connectivity index (χ2n) is 3.09. The molecule has 1 fully saturated rings. The second kappa shape index (κ2) is 4.00. The molecule has 0 aromatic rings. The fourth-order valence-corrected chi connectivity index (χ4v) is 1.71. The van der Waals surface area contributed by atoms with Crippen molar-refractivity contribution < 1.29 is 4.79 Å². The molecule has 0 spiro atoms. The second-order valence-corrected chi connectivity index (χ2v) is 3.46. The van der Waals surface area contributed by atoms with E-state index < -0.39 is 0 Å². The van der Waals surface area contributed by atoms with Gasteiger partial charge in [0.15, 0.2) is 0 Å². The van der Waals surface area contributed by atoms with Crippen LogP contribution in [-0.2, 0) is 4.79 Å². The maximum atomic E-state index is 11.2. The van der Waals surface area contributed by atoms with Gasteiger partial charge in [-0.1, -0.05) is 6.92 Å². The Kier molecular flexibility index (Phi) is 3.24. The van der Waals surface area contributed by atoms with Crippen LogP contribution in [0.5, 0.6) is 0 Å². The van der Waals surface area contributed by atoms with Crippen LogP contribution >= 0.6 is 12.6 Å². The Bertz CT molecular complexity index is 149. The fourth-order valence-electron chi connectivity index (χ4n) is 1.46. The molecule has 2 nitrogen and oxygen atoms in total. The van der Waals surface area contributed by atoms with Crippen LogP contribution in [0.2, 0.25) is 0 Å². The summed E-state index contributed by atoms with van der Waals surface area (Å²) in [6.07, 6.45) is 1.77. The highest BCUT2D eigenvalue weighted by Crippen LogP contribution is 2.18. The number of carbonyl (C=O) groups is 1. The lowest BCUT2D eigenvalue weighted by atomic mass is 10.1. The van der Waals surface area contributed by atoms with Gasteiger partial charge in [-0.15, -0.1) is 0 Å². The number of nitrogens with zero attached hydrogens (tertiary/aromatic N) is 1. The van der Waals surface area contributed by atoms with Gasteiger partial charge in [0.2, 0.25) is 5.91 Å². The minimum atomic E-state index is 0.311. The van der Waals surface area contributed by atoms with E-state index in [0.717, 1.165) is 25.3 Å². The fraction of sp³-hybridized carbons (Fsp3) is 0.875. The van der Waals surface area contributed by atoms with Crippen LogP contribution in [0.15, 0.2) is 0 Å². The van der Waals surface area contributed by atoms with E-state index in [-0.39, 0.29) is 0 Å². The van der Waals surface area contributed by atoms with Crippen molar-refractivity contribution in [2.45, 2.75) is 19.8 Å². The van der Waals surface area contributed by atoms with Gasteiger partial charge in [-0.25, -0.2) is 0 Å². The van der Waals surface area contributed by atoms with Crippen molar-refractivity contribution in [1.29, 1.82) is 0 Å². The van der Waals surface area contributed by atoms with E-state index in [1.54, 1.807) is 0 Å². The summed E-state index contributed by atoms with van der Waals surface area (Å²) in [5.74, 6) is 1.65. The summed E-state index contributed by atoms with van der Waals surface area (Å²) >= 11 is 4.19. The van der Waals surface area contributed by atoms with Gasteiger partial charge in [-0.05, 0) is 18.1 Å². The highest BCUT2D eigenvalue weighted by molar-refractivity contribution is 7.80. The average molecular weight is 173 g/mol. The number of hydrogen-bond donors (Lipinski definition) is 1. The lowest BCUT2D eigenvalue weighted by molar-refractivity contribution is -0.127. The van der Waals surface area contributed by atoms with Crippen LogP contribution in [0, 0.1) is 5.92 Å². The van der Waals surface area contributed by atoms with Crippen LogP contribution in [0.3, 0.4) is 0 Å². The van der Waals surface area contributed by atoms with Crippen molar-refractivity contribution in [3.8, 4) is 0 Å². The summed E-state index contributed by atoms with van der Waals surface area (Å²) in [7, 11) is 0. The van der Waals surface area contributed by atoms with Gasteiger partial charge in [-0.2, -0.15) is 12.6 Å². The molecule has 1 atom stereocenters. The van der Waals surface area contributed by atoms with E-state index in [1.165, 1.54) is 0 Å². The molecule has 0 aliphatic carbocycles. The zero-order valence-corrected chi connectivity index (χ0v) is 7.81. The monoisotopic (exact) mass is 173 g/mol. The molecule has 0 bridgehead atoms. The third-order valence-electron chi connectivity index (χ3n) is 2.05. The summed E-state index contributed by atoms with van der Waals surface area (Å²) in [5, 5.41) is 0. The summed E-state index contributed by atoms with van der Waals surface area (Å²) in [6, 6.07) is 0. The molecular weight excluding hydrogens is 158 g/mol. The van der Waals surface area contributed by atoms with Gasteiger partial charge in [0.05, 0.1) is 0 Å². The number of likely N-dealkylation sites (tertiary alicyclic amines) is 1. The minimum absolute atomic E-state index is 0.311. The maximum Gasteiger partial charge on any atom is 0.222 e. The number of amides is 1. The molecule has 1 unspecified atom stereocenters. The Morgan fingerprint density at radius 3 is 2.91 bits per heavy atom. The highest BCUT2D eigenvalue weighted by Gasteiger charge is 2.27. The van der Waals surface area contributed by atoms with E-state index in [9.17, 15) is 4.79 Å². The summed E-state index contributed by atoms with van der Waals surface area (Å²) < 4.78 is 0. The third kappa shape index (κ3) is 2.12. The first-order valence-electron chi connectivity index (χ1n) is 4.16. The van der Waals surface area contributed by atoms with Gasteiger partial charge in [-0.3, -0.25) is 4.79 Å². The smallest absolute Gasteiger partial charge is 0.222 e. The molecule has 64 valence electrons. The van der Waals surface area contributed by atoms with Crippen molar-refractivity contribution in [3.63, 3.8) is 0 Å². The lowest BCUT2D eigenvalue weighted by Crippen LogP contribution is -2.25. The Labute approximate surface area is 73.4 Å². The van der Waals surface area contributed by atoms with Gasteiger partial charge in [0.25, 0.3) is 0 Å². The van der Waals surface area contributed by atoms with Gasteiger partial charge < -0.3 is 4.90 Å². The van der Waals surface area contributed by atoms with E-state index in [4.69, 9.17) is 0 Å². The Hall–Kier alpha value is -0.180. The Morgan fingerprint density at radius 2 is 2.45 bits per heavy atom. The normalized spacial score (nSPS) is 24.7. The van der Waals surface area contributed by atoms with Crippen molar-refractivity contribution in [2.75, 3.05) is 18.8 Å². The van der Waals surface area contributed by atoms with Crippen LogP contribution in [0.25, 0.3) is 0 Å². The molecule has 1 aliphatic heterocycles. The summed E-state index contributed by atoms with van der Waals surface area (Å²) in [4.78, 5) is 13.2. The van der Waals surface area contributed by atoms with E-state index in [2.05, 4.69) is 19.6 Å². The molecule has 0 N–H and O–H groups in total. The third-order valence-corrected chi connectivity index (χ3v) is 2.56. The molecule has 1 saturated heterocycles. The molecule has 3 heteroatoms. The topological polar surface area (TPSA) is 20.3 Å². The standard InChI is InChI=1S/C8H15NOS/c1-2-3-9-5-7(6-11)4-8(9)10/h7,11H,2-6H2,1H3. The van der Waals surface area contributed by atoms with E-state index in [0.29, 0.717) is 18.2 Å². The lowest BCUT2D eigenvalue weighted by Gasteiger charge is -2.14. The van der Waals surface area contributed by atoms with Crippen LogP contribution in [0.4, 0.5) is 0 Å². The van der Waals surface area contributed by atoms with Crippen LogP contribution < -0.4 is 0 Å². The highest BCUT2D eigenvalue weighted by atomic mass is 32.1.